The van der Waals surface area contributed by atoms with Gasteiger partial charge in [0.2, 0.25) is 0 Å². The quantitative estimate of drug-likeness (QED) is 0.869. The summed E-state index contributed by atoms with van der Waals surface area (Å²) in [6, 6.07) is 16.5. The minimum Gasteiger partial charge on any atom is -0.465 e. The summed E-state index contributed by atoms with van der Waals surface area (Å²) in [6.07, 6.45) is 1.32. The molecule has 0 aromatic heterocycles. The Kier molecular flexibility index (Phi) is 5.95. The zero-order valence-electron chi connectivity index (χ0n) is 14.2. The summed E-state index contributed by atoms with van der Waals surface area (Å²) in [5, 5.41) is 9.72. The van der Waals surface area contributed by atoms with Gasteiger partial charge in [0.05, 0.1) is 0 Å². The number of benzene rings is 2. The first-order valence-corrected chi connectivity index (χ1v) is 9.05. The summed E-state index contributed by atoms with van der Waals surface area (Å²) in [5.41, 5.74) is 3.64. The van der Waals surface area contributed by atoms with Crippen molar-refractivity contribution in [3.05, 3.63) is 59.1 Å². The molecule has 1 fully saturated rings. The molecule has 1 saturated heterocycles. The molecule has 0 atom stereocenters. The summed E-state index contributed by atoms with van der Waals surface area (Å²) in [6.45, 7) is 3.91. The molecule has 0 bridgehead atoms. The van der Waals surface area contributed by atoms with Crippen molar-refractivity contribution in [3.63, 3.8) is 0 Å². The van der Waals surface area contributed by atoms with E-state index in [0.29, 0.717) is 13.1 Å². The van der Waals surface area contributed by atoms with Crippen LogP contribution < -0.4 is 0 Å². The minimum atomic E-state index is -0.806. The number of carboxylic acid groups (broad SMARTS) is 1. The molecule has 0 saturated carbocycles. The van der Waals surface area contributed by atoms with E-state index in [0.717, 1.165) is 43.1 Å². The van der Waals surface area contributed by atoms with Gasteiger partial charge < -0.3 is 10.0 Å². The van der Waals surface area contributed by atoms with E-state index in [-0.39, 0.29) is 0 Å². The topological polar surface area (TPSA) is 43.8 Å². The molecule has 1 heterocycles. The Morgan fingerprint density at radius 3 is 2.36 bits per heavy atom. The molecule has 1 aliphatic heterocycles. The van der Waals surface area contributed by atoms with Crippen LogP contribution in [-0.2, 0) is 6.42 Å². The molecule has 3 rings (SSSR count). The van der Waals surface area contributed by atoms with Gasteiger partial charge in [0.25, 0.3) is 0 Å². The van der Waals surface area contributed by atoms with Crippen LogP contribution in [0.15, 0.2) is 48.5 Å². The third-order valence-corrected chi connectivity index (χ3v) is 4.93. The number of aryl methyl sites for hydroxylation is 1. The number of rotatable bonds is 5. The van der Waals surface area contributed by atoms with Gasteiger partial charge in [0, 0.05) is 31.2 Å². The number of nitrogens with zero attached hydrogens (tertiary/aromatic N) is 2. The summed E-state index contributed by atoms with van der Waals surface area (Å²) in [4.78, 5) is 14.7. The molecule has 1 aliphatic rings. The van der Waals surface area contributed by atoms with Crippen LogP contribution in [-0.4, -0.2) is 53.7 Å². The number of piperazine rings is 1. The van der Waals surface area contributed by atoms with Gasteiger partial charge in [-0.15, -0.1) is 0 Å². The normalized spacial score (nSPS) is 15.3. The van der Waals surface area contributed by atoms with Crippen molar-refractivity contribution in [3.8, 4) is 11.1 Å². The monoisotopic (exact) mass is 358 g/mol. The fraction of sp³-hybridized carbons (Fsp3) is 0.350. The summed E-state index contributed by atoms with van der Waals surface area (Å²) in [5.74, 6) is 0. The van der Waals surface area contributed by atoms with Gasteiger partial charge in [-0.3, -0.25) is 4.90 Å². The maximum Gasteiger partial charge on any atom is 0.407 e. The van der Waals surface area contributed by atoms with Gasteiger partial charge in [0.15, 0.2) is 0 Å². The largest absolute Gasteiger partial charge is 0.465 e. The first kappa shape index (κ1) is 17.8. The average Bonchev–Trinajstić information content (AvgIpc) is 2.63. The Morgan fingerprint density at radius 2 is 1.72 bits per heavy atom. The first-order chi connectivity index (χ1) is 12.1. The highest BCUT2D eigenvalue weighted by atomic mass is 35.5. The second-order valence-corrected chi connectivity index (χ2v) is 6.86. The molecule has 5 heteroatoms. The van der Waals surface area contributed by atoms with Crippen molar-refractivity contribution in [1.82, 2.24) is 9.80 Å². The molecule has 25 heavy (non-hydrogen) atoms. The predicted octanol–water partition coefficient (Wildman–Crippen LogP) is 4.24. The van der Waals surface area contributed by atoms with Crippen molar-refractivity contribution in [2.45, 2.75) is 12.8 Å². The molecule has 4 nitrogen and oxygen atoms in total. The number of halogens is 1. The smallest absolute Gasteiger partial charge is 0.407 e. The minimum absolute atomic E-state index is 0.615. The Hall–Kier alpha value is -2.04. The average molecular weight is 359 g/mol. The van der Waals surface area contributed by atoms with E-state index in [1.807, 2.05) is 18.2 Å². The van der Waals surface area contributed by atoms with E-state index in [1.54, 1.807) is 0 Å². The van der Waals surface area contributed by atoms with Crippen LogP contribution in [0.5, 0.6) is 0 Å². The van der Waals surface area contributed by atoms with E-state index in [4.69, 9.17) is 16.7 Å². The maximum atomic E-state index is 10.9. The number of hydrogen-bond donors (Lipinski definition) is 1. The fourth-order valence-electron chi connectivity index (χ4n) is 3.20. The van der Waals surface area contributed by atoms with Gasteiger partial charge in [-0.2, -0.15) is 0 Å². The summed E-state index contributed by atoms with van der Waals surface area (Å²) in [7, 11) is 0. The van der Waals surface area contributed by atoms with E-state index in [9.17, 15) is 4.79 Å². The number of amides is 1. The lowest BCUT2D eigenvalue weighted by Gasteiger charge is -2.33. The highest BCUT2D eigenvalue weighted by Crippen LogP contribution is 2.23. The van der Waals surface area contributed by atoms with Crippen molar-refractivity contribution < 1.29 is 9.90 Å². The molecule has 1 amide bonds. The predicted molar refractivity (Wildman–Crippen MR) is 101 cm³/mol. The molecule has 0 radical (unpaired) electrons. The zero-order valence-corrected chi connectivity index (χ0v) is 15.0. The van der Waals surface area contributed by atoms with Crippen LogP contribution in [0.4, 0.5) is 4.79 Å². The highest BCUT2D eigenvalue weighted by Gasteiger charge is 2.19. The van der Waals surface area contributed by atoms with Gasteiger partial charge in [-0.25, -0.2) is 4.79 Å². The van der Waals surface area contributed by atoms with Crippen molar-refractivity contribution in [2.24, 2.45) is 0 Å². The molecule has 0 spiro atoms. The van der Waals surface area contributed by atoms with Gasteiger partial charge in [-0.1, -0.05) is 48.0 Å². The van der Waals surface area contributed by atoms with Crippen molar-refractivity contribution in [1.29, 1.82) is 0 Å². The molecular weight excluding hydrogens is 336 g/mol. The summed E-state index contributed by atoms with van der Waals surface area (Å²) >= 11 is 6.05. The van der Waals surface area contributed by atoms with Crippen LogP contribution in [0, 0.1) is 0 Å². The Bertz CT molecular complexity index is 710. The number of hydrogen-bond acceptors (Lipinski definition) is 2. The molecule has 1 N–H and O–H groups in total. The van der Waals surface area contributed by atoms with Crippen LogP contribution in [0.2, 0.25) is 5.02 Å². The maximum absolute atomic E-state index is 10.9. The lowest BCUT2D eigenvalue weighted by molar-refractivity contribution is 0.105. The molecule has 0 aliphatic carbocycles. The zero-order chi connectivity index (χ0) is 17.6. The number of carbonyl (C=O) groups is 1. The van der Waals surface area contributed by atoms with E-state index < -0.39 is 6.09 Å². The second-order valence-electron chi connectivity index (χ2n) is 6.42. The molecular formula is C20H23ClN2O2. The second kappa shape index (κ2) is 8.37. The molecule has 2 aromatic carbocycles. The Labute approximate surface area is 153 Å². The summed E-state index contributed by atoms with van der Waals surface area (Å²) < 4.78 is 0. The van der Waals surface area contributed by atoms with Crippen LogP contribution >= 0.6 is 11.6 Å². The fourth-order valence-corrected chi connectivity index (χ4v) is 3.39. The standard InChI is InChI=1S/C20H23ClN2O2/c21-19-5-1-4-18(15-19)17-8-6-16(7-9-17)3-2-10-22-11-13-23(14-12-22)20(24)25/h1,4-9,15H,2-3,10-14H2,(H,24,25). The Morgan fingerprint density at radius 1 is 1.00 bits per heavy atom. The lowest BCUT2D eigenvalue weighted by atomic mass is 10.0. The Balaban J connectivity index is 1.46. The SMILES string of the molecule is O=C(O)N1CCN(CCCc2ccc(-c3cccc(Cl)c3)cc2)CC1. The van der Waals surface area contributed by atoms with Crippen molar-refractivity contribution >= 4 is 17.7 Å². The van der Waals surface area contributed by atoms with E-state index >= 15 is 0 Å². The van der Waals surface area contributed by atoms with E-state index in [2.05, 4.69) is 35.2 Å². The van der Waals surface area contributed by atoms with Gasteiger partial charge >= 0.3 is 6.09 Å². The first-order valence-electron chi connectivity index (χ1n) is 8.67. The molecule has 2 aromatic rings. The van der Waals surface area contributed by atoms with Crippen LogP contribution in [0.3, 0.4) is 0 Å². The molecule has 0 unspecified atom stereocenters. The van der Waals surface area contributed by atoms with Crippen LogP contribution in [0.25, 0.3) is 11.1 Å². The van der Waals surface area contributed by atoms with Crippen molar-refractivity contribution in [2.75, 3.05) is 32.7 Å². The third-order valence-electron chi connectivity index (χ3n) is 4.69. The van der Waals surface area contributed by atoms with E-state index in [1.165, 1.54) is 16.0 Å². The lowest BCUT2D eigenvalue weighted by Crippen LogP contribution is -2.48. The third kappa shape index (κ3) is 4.97. The van der Waals surface area contributed by atoms with Crippen LogP contribution in [0.1, 0.15) is 12.0 Å². The van der Waals surface area contributed by atoms with Gasteiger partial charge in [-0.05, 0) is 48.2 Å². The van der Waals surface area contributed by atoms with Gasteiger partial charge in [0.1, 0.15) is 0 Å². The highest BCUT2D eigenvalue weighted by molar-refractivity contribution is 6.30. The molecule has 132 valence electrons.